The molecule has 0 spiro atoms. The van der Waals surface area contributed by atoms with Gasteiger partial charge in [0.1, 0.15) is 13.2 Å². The summed E-state index contributed by atoms with van der Waals surface area (Å²) in [5.74, 6) is 2.18. The van der Waals surface area contributed by atoms with Crippen molar-refractivity contribution in [3.05, 3.63) is 42.0 Å². The molecule has 8 nitrogen and oxygen atoms in total. The van der Waals surface area contributed by atoms with E-state index in [4.69, 9.17) is 18.9 Å². The number of ether oxygens (including phenoxy) is 4. The van der Waals surface area contributed by atoms with E-state index in [0.29, 0.717) is 55.7 Å². The zero-order chi connectivity index (χ0) is 22.7. The number of hydrogen-bond donors (Lipinski definition) is 0. The van der Waals surface area contributed by atoms with Crippen LogP contribution in [0.1, 0.15) is 12.0 Å². The minimum Gasteiger partial charge on any atom is -0.493 e. The highest BCUT2D eigenvalue weighted by atomic mass is 16.6. The van der Waals surface area contributed by atoms with Gasteiger partial charge in [0.05, 0.1) is 20.1 Å². The van der Waals surface area contributed by atoms with Crippen LogP contribution in [-0.2, 0) is 16.0 Å². The molecule has 0 bridgehead atoms. The zero-order valence-electron chi connectivity index (χ0n) is 18.6. The average molecular weight is 440 g/mol. The van der Waals surface area contributed by atoms with Gasteiger partial charge in [-0.25, -0.2) is 0 Å². The molecule has 2 aliphatic heterocycles. The SMILES string of the molecule is COc1ccc(CCN(C)C(=O)[C@H]2CC(=O)N(c3ccc4c(c3)OCCO4)C2)cc1OC. The van der Waals surface area contributed by atoms with Crippen molar-refractivity contribution in [3.63, 3.8) is 0 Å². The van der Waals surface area contributed by atoms with Crippen LogP contribution in [0.5, 0.6) is 23.0 Å². The Morgan fingerprint density at radius 2 is 1.81 bits per heavy atom. The van der Waals surface area contributed by atoms with E-state index in [1.165, 1.54) is 0 Å². The molecule has 0 aromatic heterocycles. The highest BCUT2D eigenvalue weighted by Gasteiger charge is 2.36. The van der Waals surface area contributed by atoms with Crippen molar-refractivity contribution in [1.29, 1.82) is 0 Å². The monoisotopic (exact) mass is 440 g/mol. The third-order valence-electron chi connectivity index (χ3n) is 5.87. The van der Waals surface area contributed by atoms with Crippen LogP contribution in [0, 0.1) is 5.92 Å². The second-order valence-corrected chi connectivity index (χ2v) is 7.93. The van der Waals surface area contributed by atoms with Crippen molar-refractivity contribution in [3.8, 4) is 23.0 Å². The molecule has 0 radical (unpaired) electrons. The molecule has 2 aromatic carbocycles. The second kappa shape index (κ2) is 9.38. The summed E-state index contributed by atoms with van der Waals surface area (Å²) < 4.78 is 21.8. The van der Waals surface area contributed by atoms with Gasteiger partial charge in [-0.3, -0.25) is 9.59 Å². The number of rotatable bonds is 7. The molecule has 170 valence electrons. The van der Waals surface area contributed by atoms with Crippen LogP contribution in [0.25, 0.3) is 0 Å². The van der Waals surface area contributed by atoms with Gasteiger partial charge in [-0.15, -0.1) is 0 Å². The first-order chi connectivity index (χ1) is 15.5. The van der Waals surface area contributed by atoms with Crippen LogP contribution >= 0.6 is 0 Å². The number of fused-ring (bicyclic) bond motifs is 1. The number of amides is 2. The molecule has 0 saturated carbocycles. The molecule has 1 fully saturated rings. The van der Waals surface area contributed by atoms with Crippen molar-refractivity contribution in [1.82, 2.24) is 4.90 Å². The lowest BCUT2D eigenvalue weighted by Gasteiger charge is -2.23. The van der Waals surface area contributed by atoms with Gasteiger partial charge in [0.25, 0.3) is 0 Å². The van der Waals surface area contributed by atoms with Gasteiger partial charge in [-0.1, -0.05) is 6.07 Å². The molecular weight excluding hydrogens is 412 g/mol. The Morgan fingerprint density at radius 1 is 1.06 bits per heavy atom. The van der Waals surface area contributed by atoms with Crippen LogP contribution in [0.4, 0.5) is 5.69 Å². The van der Waals surface area contributed by atoms with Gasteiger partial charge >= 0.3 is 0 Å². The van der Waals surface area contributed by atoms with Crippen molar-refractivity contribution in [2.45, 2.75) is 12.8 Å². The summed E-state index contributed by atoms with van der Waals surface area (Å²) in [7, 11) is 4.98. The molecule has 32 heavy (non-hydrogen) atoms. The molecule has 4 rings (SSSR count). The normalized spacial score (nSPS) is 17.3. The standard InChI is InChI=1S/C24H28N2O6/c1-25(9-8-16-4-6-19(29-2)21(12-16)30-3)24(28)17-13-23(27)26(15-17)18-5-7-20-22(14-18)32-11-10-31-20/h4-7,12,14,17H,8-11,13,15H2,1-3H3/t17-/m0/s1. The lowest BCUT2D eigenvalue weighted by Crippen LogP contribution is -2.36. The van der Waals surface area contributed by atoms with Crippen LogP contribution in [0.15, 0.2) is 36.4 Å². The largest absolute Gasteiger partial charge is 0.493 e. The first kappa shape index (κ1) is 21.8. The van der Waals surface area contributed by atoms with E-state index >= 15 is 0 Å². The number of nitrogens with zero attached hydrogens (tertiary/aromatic N) is 2. The van der Waals surface area contributed by atoms with Gasteiger partial charge < -0.3 is 28.7 Å². The zero-order valence-corrected chi connectivity index (χ0v) is 18.6. The lowest BCUT2D eigenvalue weighted by molar-refractivity contribution is -0.134. The molecule has 0 N–H and O–H groups in total. The topological polar surface area (TPSA) is 77.5 Å². The molecule has 2 heterocycles. The number of carbonyl (C=O) groups excluding carboxylic acids is 2. The Bertz CT molecular complexity index is 1010. The number of anilines is 1. The predicted octanol–water partition coefficient (Wildman–Crippen LogP) is 2.53. The molecule has 1 saturated heterocycles. The number of methoxy groups -OCH3 is 2. The maximum atomic E-state index is 13.0. The summed E-state index contributed by atoms with van der Waals surface area (Å²) in [6.45, 7) is 1.90. The summed E-state index contributed by atoms with van der Waals surface area (Å²) in [6, 6.07) is 11.2. The predicted molar refractivity (Wildman–Crippen MR) is 119 cm³/mol. The Kier molecular flexibility index (Phi) is 6.39. The highest BCUT2D eigenvalue weighted by molar-refractivity contribution is 6.00. The minimum atomic E-state index is -0.369. The number of hydrogen-bond acceptors (Lipinski definition) is 6. The van der Waals surface area contributed by atoms with E-state index in [-0.39, 0.29) is 24.2 Å². The van der Waals surface area contributed by atoms with Crippen molar-refractivity contribution >= 4 is 17.5 Å². The molecule has 2 aromatic rings. The Balaban J connectivity index is 1.37. The van der Waals surface area contributed by atoms with Gasteiger partial charge in [-0.2, -0.15) is 0 Å². The Labute approximate surface area is 187 Å². The van der Waals surface area contributed by atoms with Gasteiger partial charge in [0.15, 0.2) is 23.0 Å². The van der Waals surface area contributed by atoms with Crippen LogP contribution in [0.2, 0.25) is 0 Å². The lowest BCUT2D eigenvalue weighted by atomic mass is 10.1. The van der Waals surface area contributed by atoms with Gasteiger partial charge in [-0.05, 0) is 36.2 Å². The third kappa shape index (κ3) is 4.44. The highest BCUT2D eigenvalue weighted by Crippen LogP contribution is 2.36. The second-order valence-electron chi connectivity index (χ2n) is 7.93. The smallest absolute Gasteiger partial charge is 0.227 e. The molecular formula is C24H28N2O6. The van der Waals surface area contributed by atoms with Crippen molar-refractivity contribution < 1.29 is 28.5 Å². The number of carbonyl (C=O) groups is 2. The van der Waals surface area contributed by atoms with Crippen LogP contribution < -0.4 is 23.8 Å². The first-order valence-electron chi connectivity index (χ1n) is 10.7. The molecule has 0 aliphatic carbocycles. The van der Waals surface area contributed by atoms with Crippen LogP contribution in [-0.4, -0.2) is 64.3 Å². The van der Waals surface area contributed by atoms with Crippen LogP contribution in [0.3, 0.4) is 0 Å². The summed E-state index contributed by atoms with van der Waals surface area (Å²) in [5, 5.41) is 0. The van der Waals surface area contributed by atoms with E-state index in [0.717, 1.165) is 11.3 Å². The van der Waals surface area contributed by atoms with E-state index < -0.39 is 0 Å². The van der Waals surface area contributed by atoms with E-state index in [1.807, 2.05) is 30.3 Å². The minimum absolute atomic E-state index is 0.0288. The van der Waals surface area contributed by atoms with Gasteiger partial charge in [0.2, 0.25) is 11.8 Å². The Hall–Kier alpha value is -3.42. The Morgan fingerprint density at radius 3 is 2.56 bits per heavy atom. The fourth-order valence-corrected chi connectivity index (χ4v) is 4.08. The van der Waals surface area contributed by atoms with E-state index in [2.05, 4.69) is 0 Å². The van der Waals surface area contributed by atoms with E-state index in [9.17, 15) is 9.59 Å². The third-order valence-corrected chi connectivity index (χ3v) is 5.87. The maximum Gasteiger partial charge on any atom is 0.227 e. The van der Waals surface area contributed by atoms with Gasteiger partial charge in [0, 0.05) is 38.3 Å². The fraction of sp³-hybridized carbons (Fsp3) is 0.417. The number of likely N-dealkylation sites (N-methyl/N-ethyl adjacent to an activating group) is 1. The average Bonchev–Trinajstić information content (AvgIpc) is 3.22. The van der Waals surface area contributed by atoms with E-state index in [1.54, 1.807) is 37.1 Å². The molecule has 1 atom stereocenters. The maximum absolute atomic E-state index is 13.0. The molecule has 0 unspecified atom stereocenters. The number of benzene rings is 2. The fourth-order valence-electron chi connectivity index (χ4n) is 4.08. The van der Waals surface area contributed by atoms with Crippen molar-refractivity contribution in [2.24, 2.45) is 5.92 Å². The van der Waals surface area contributed by atoms with Crippen molar-refractivity contribution in [2.75, 3.05) is 52.5 Å². The summed E-state index contributed by atoms with van der Waals surface area (Å²) in [6.07, 6.45) is 0.878. The summed E-state index contributed by atoms with van der Waals surface area (Å²) in [5.41, 5.74) is 1.77. The first-order valence-corrected chi connectivity index (χ1v) is 10.7. The molecule has 2 aliphatic rings. The molecule has 8 heteroatoms. The summed E-state index contributed by atoms with van der Waals surface area (Å²) >= 11 is 0. The quantitative estimate of drug-likeness (QED) is 0.659. The molecule has 2 amide bonds. The summed E-state index contributed by atoms with van der Waals surface area (Å²) in [4.78, 5) is 29.0.